The highest BCUT2D eigenvalue weighted by Crippen LogP contribution is 2.68. The van der Waals surface area contributed by atoms with E-state index >= 15 is 0 Å². The van der Waals surface area contributed by atoms with Crippen molar-refractivity contribution in [2.75, 3.05) is 7.05 Å². The quantitative estimate of drug-likeness (QED) is 0.443. The van der Waals surface area contributed by atoms with Crippen molar-refractivity contribution in [3.63, 3.8) is 0 Å². The summed E-state index contributed by atoms with van der Waals surface area (Å²) in [5.41, 5.74) is 1.19. The second-order valence-corrected chi connectivity index (χ2v) is 8.08. The summed E-state index contributed by atoms with van der Waals surface area (Å²) in [4.78, 5) is 12.8. The first-order chi connectivity index (χ1) is 8.67. The Labute approximate surface area is 124 Å². The normalized spacial score (nSPS) is 31.1. The van der Waals surface area contributed by atoms with Gasteiger partial charge in [0.25, 0.3) is 5.91 Å². The van der Waals surface area contributed by atoms with Crippen LogP contribution in [0.3, 0.4) is 0 Å². The lowest BCUT2D eigenvalue weighted by Gasteiger charge is -2.64. The van der Waals surface area contributed by atoms with Crippen molar-refractivity contribution in [1.82, 2.24) is 5.06 Å². The van der Waals surface area contributed by atoms with Gasteiger partial charge in [-0.15, -0.1) is 0 Å². The summed E-state index contributed by atoms with van der Waals surface area (Å²) in [6.45, 7) is 19.2. The van der Waals surface area contributed by atoms with E-state index in [-0.39, 0.29) is 22.2 Å². The summed E-state index contributed by atoms with van der Waals surface area (Å²) in [5, 5.41) is 10.6. The molecule has 3 nitrogen and oxygen atoms in total. The van der Waals surface area contributed by atoms with Gasteiger partial charge in [0.2, 0.25) is 0 Å². The molecule has 20 heavy (non-hydrogen) atoms. The number of rotatable bonds is 1. The lowest BCUT2D eigenvalue weighted by molar-refractivity contribution is -0.197. The van der Waals surface area contributed by atoms with Gasteiger partial charge in [-0.25, -0.2) is 5.06 Å². The zero-order valence-electron chi connectivity index (χ0n) is 14.8. The van der Waals surface area contributed by atoms with Crippen LogP contribution in [0, 0.1) is 21.7 Å². The standard InChI is InChI=1S/C17H31NO2/c1-11-12(2)15(5,6)17(9,13(19)18(10)20)16(7,8)14(11,3)4/h20H,1-10H3. The van der Waals surface area contributed by atoms with E-state index in [9.17, 15) is 10.0 Å². The highest BCUT2D eigenvalue weighted by atomic mass is 16.5. The second kappa shape index (κ2) is 4.33. The van der Waals surface area contributed by atoms with Crippen LogP contribution in [0.4, 0.5) is 0 Å². The lowest BCUT2D eigenvalue weighted by Crippen LogP contribution is -2.63. The molecular formula is C17H31NO2. The van der Waals surface area contributed by atoms with Crippen LogP contribution >= 0.6 is 0 Å². The predicted octanol–water partition coefficient (Wildman–Crippen LogP) is 4.27. The summed E-state index contributed by atoms with van der Waals surface area (Å²) in [5.74, 6) is -0.215. The first-order valence-corrected chi connectivity index (χ1v) is 7.32. The van der Waals surface area contributed by atoms with Crippen molar-refractivity contribution < 1.29 is 10.0 Å². The first kappa shape index (κ1) is 17.2. The molecule has 1 amide bonds. The minimum Gasteiger partial charge on any atom is -0.286 e. The molecule has 1 aliphatic rings. The van der Waals surface area contributed by atoms with Crippen LogP contribution in [-0.4, -0.2) is 23.2 Å². The maximum atomic E-state index is 12.8. The molecule has 0 heterocycles. The number of hydroxylamine groups is 2. The molecule has 116 valence electrons. The zero-order valence-corrected chi connectivity index (χ0v) is 14.8. The molecule has 1 N–H and O–H groups in total. The molecule has 0 spiro atoms. The molecule has 1 rings (SSSR count). The van der Waals surface area contributed by atoms with Gasteiger partial charge in [0.1, 0.15) is 0 Å². The van der Waals surface area contributed by atoms with E-state index in [1.165, 1.54) is 18.2 Å². The summed E-state index contributed by atoms with van der Waals surface area (Å²) in [6.07, 6.45) is 0. The minimum absolute atomic E-state index is 0.118. The average molecular weight is 281 g/mol. The van der Waals surface area contributed by atoms with Crippen molar-refractivity contribution in [3.05, 3.63) is 11.1 Å². The summed E-state index contributed by atoms with van der Waals surface area (Å²) < 4.78 is 0. The number of carbonyl (C=O) groups excluding carboxylic acids is 1. The lowest BCUT2D eigenvalue weighted by atomic mass is 9.39. The van der Waals surface area contributed by atoms with Crippen molar-refractivity contribution in [2.45, 2.75) is 62.3 Å². The Bertz CT molecular complexity index is 469. The summed E-state index contributed by atoms with van der Waals surface area (Å²) in [7, 11) is 1.42. The molecule has 1 aliphatic carbocycles. The number of hydrogen-bond donors (Lipinski definition) is 1. The highest BCUT2D eigenvalue weighted by molar-refractivity contribution is 5.84. The van der Waals surface area contributed by atoms with Gasteiger partial charge in [0.15, 0.2) is 0 Å². The van der Waals surface area contributed by atoms with Crippen LogP contribution in [0.25, 0.3) is 0 Å². The molecule has 0 saturated carbocycles. The molecule has 0 bridgehead atoms. The Balaban J connectivity index is 3.80. The molecule has 0 aromatic heterocycles. The number of hydrogen-bond acceptors (Lipinski definition) is 2. The third kappa shape index (κ3) is 1.65. The van der Waals surface area contributed by atoms with Crippen molar-refractivity contribution in [1.29, 1.82) is 0 Å². The number of amides is 1. The van der Waals surface area contributed by atoms with Crippen molar-refractivity contribution in [2.24, 2.45) is 21.7 Å². The maximum Gasteiger partial charge on any atom is 0.253 e. The molecule has 0 aromatic carbocycles. The maximum absolute atomic E-state index is 12.8. The Kier molecular flexibility index (Phi) is 3.73. The van der Waals surface area contributed by atoms with Crippen molar-refractivity contribution in [3.8, 4) is 0 Å². The van der Waals surface area contributed by atoms with Gasteiger partial charge in [-0.1, -0.05) is 52.7 Å². The van der Waals surface area contributed by atoms with Gasteiger partial charge in [-0.3, -0.25) is 10.0 Å². The van der Waals surface area contributed by atoms with Crippen molar-refractivity contribution >= 4 is 5.91 Å². The van der Waals surface area contributed by atoms with E-state index in [1.54, 1.807) is 0 Å². The Morgan fingerprint density at radius 3 is 1.60 bits per heavy atom. The monoisotopic (exact) mass is 281 g/mol. The number of carbonyl (C=O) groups is 1. The smallest absolute Gasteiger partial charge is 0.253 e. The molecule has 0 radical (unpaired) electrons. The largest absolute Gasteiger partial charge is 0.286 e. The summed E-state index contributed by atoms with van der Waals surface area (Å²) in [6, 6.07) is 0. The van der Waals surface area contributed by atoms with Gasteiger partial charge >= 0.3 is 0 Å². The van der Waals surface area contributed by atoms with Gasteiger partial charge < -0.3 is 0 Å². The highest BCUT2D eigenvalue weighted by Gasteiger charge is 2.66. The third-order valence-corrected chi connectivity index (χ3v) is 7.22. The van der Waals surface area contributed by atoms with Crippen LogP contribution in [0.1, 0.15) is 62.3 Å². The van der Waals surface area contributed by atoms with E-state index in [4.69, 9.17) is 0 Å². The molecule has 0 aliphatic heterocycles. The fourth-order valence-electron chi connectivity index (χ4n) is 4.05. The van der Waals surface area contributed by atoms with Crippen LogP contribution in [0.15, 0.2) is 11.1 Å². The van der Waals surface area contributed by atoms with Crippen LogP contribution in [0.5, 0.6) is 0 Å². The summed E-state index contributed by atoms with van der Waals surface area (Å²) >= 11 is 0. The Morgan fingerprint density at radius 1 is 0.900 bits per heavy atom. The van der Waals surface area contributed by atoms with Crippen LogP contribution in [0.2, 0.25) is 0 Å². The topological polar surface area (TPSA) is 40.5 Å². The number of nitrogens with zero attached hydrogens (tertiary/aromatic N) is 1. The van der Waals surface area contributed by atoms with Crippen LogP contribution < -0.4 is 0 Å². The van der Waals surface area contributed by atoms with E-state index < -0.39 is 5.41 Å². The number of allylic oxidation sites excluding steroid dienone is 2. The van der Waals surface area contributed by atoms with Gasteiger partial charge in [-0.2, -0.15) is 0 Å². The molecule has 1 unspecified atom stereocenters. The van der Waals surface area contributed by atoms with Gasteiger partial charge in [0.05, 0.1) is 5.41 Å². The zero-order chi connectivity index (χ0) is 16.3. The van der Waals surface area contributed by atoms with Crippen LogP contribution in [-0.2, 0) is 4.79 Å². The second-order valence-electron chi connectivity index (χ2n) is 8.08. The fraction of sp³-hybridized carbons (Fsp3) is 0.824. The molecule has 0 aromatic rings. The van der Waals surface area contributed by atoms with E-state index in [0.717, 1.165) is 5.06 Å². The SMILES string of the molecule is CC1=C(C)C(C)(C)C(C)(C(=O)N(C)O)C(C)(C)C1(C)C. The first-order valence-electron chi connectivity index (χ1n) is 7.32. The van der Waals surface area contributed by atoms with E-state index in [2.05, 4.69) is 55.4 Å². The third-order valence-electron chi connectivity index (χ3n) is 7.22. The fourth-order valence-corrected chi connectivity index (χ4v) is 4.05. The average Bonchev–Trinajstić information content (AvgIpc) is 2.32. The Morgan fingerprint density at radius 2 is 1.25 bits per heavy atom. The predicted molar refractivity (Wildman–Crippen MR) is 82.4 cm³/mol. The van der Waals surface area contributed by atoms with Gasteiger partial charge in [0, 0.05) is 12.5 Å². The van der Waals surface area contributed by atoms with E-state index in [1.807, 2.05) is 6.92 Å². The minimum atomic E-state index is -0.684. The van der Waals surface area contributed by atoms with E-state index in [0.29, 0.717) is 0 Å². The molecular weight excluding hydrogens is 250 g/mol. The van der Waals surface area contributed by atoms with Gasteiger partial charge in [-0.05, 0) is 31.6 Å². The molecule has 3 heteroatoms. The molecule has 0 saturated heterocycles. The molecule has 0 fully saturated rings. The molecule has 1 atom stereocenters. The Hall–Kier alpha value is -0.830.